The molecular weight excluding hydrogens is 198 g/mol. The van der Waals surface area contributed by atoms with Crippen molar-refractivity contribution >= 4 is 0 Å². The van der Waals surface area contributed by atoms with Crippen molar-refractivity contribution in [3.05, 3.63) is 35.4 Å². The van der Waals surface area contributed by atoms with Crippen LogP contribution in [0.15, 0.2) is 18.2 Å². The summed E-state index contributed by atoms with van der Waals surface area (Å²) in [7, 11) is 0. The predicted molar refractivity (Wildman–Crippen MR) is 53.3 cm³/mol. The Balaban J connectivity index is 2.24. The lowest BCUT2D eigenvalue weighted by Crippen LogP contribution is -2.11. The molecule has 0 bridgehead atoms. The van der Waals surface area contributed by atoms with E-state index in [9.17, 15) is 13.9 Å². The van der Waals surface area contributed by atoms with Gasteiger partial charge >= 0.3 is 0 Å². The molecule has 0 heterocycles. The second-order valence-corrected chi connectivity index (χ2v) is 4.24. The number of hydrogen-bond donors (Lipinski definition) is 1. The van der Waals surface area contributed by atoms with E-state index in [1.165, 1.54) is 12.1 Å². The van der Waals surface area contributed by atoms with Crippen LogP contribution in [0.25, 0.3) is 0 Å². The van der Waals surface area contributed by atoms with Gasteiger partial charge in [-0.2, -0.15) is 0 Å². The van der Waals surface area contributed by atoms with Crippen LogP contribution < -0.4 is 0 Å². The number of halogens is 2. The van der Waals surface area contributed by atoms with E-state index in [-0.39, 0.29) is 11.5 Å². The van der Waals surface area contributed by atoms with Crippen LogP contribution in [0.5, 0.6) is 0 Å². The molecule has 15 heavy (non-hydrogen) atoms. The van der Waals surface area contributed by atoms with Crippen molar-refractivity contribution in [1.82, 2.24) is 0 Å². The summed E-state index contributed by atoms with van der Waals surface area (Å²) in [6.07, 6.45) is 2.44. The van der Waals surface area contributed by atoms with Crippen LogP contribution in [0.4, 0.5) is 8.78 Å². The second kappa shape index (κ2) is 3.56. The third kappa shape index (κ3) is 1.76. The van der Waals surface area contributed by atoms with Crippen molar-refractivity contribution in [2.75, 3.05) is 0 Å². The first-order valence-electron chi connectivity index (χ1n) is 5.26. The molecule has 0 aromatic heterocycles. The average molecular weight is 212 g/mol. The van der Waals surface area contributed by atoms with Gasteiger partial charge in [-0.3, -0.25) is 0 Å². The maximum atomic E-state index is 13.4. The van der Waals surface area contributed by atoms with Crippen LogP contribution >= 0.6 is 0 Å². The van der Waals surface area contributed by atoms with E-state index >= 15 is 0 Å². The minimum Gasteiger partial charge on any atom is -0.385 e. The SMILES string of the molecule is CCCC1CC1(O)c1ccc(F)cc1F. The van der Waals surface area contributed by atoms with Crippen LogP contribution in [0.3, 0.4) is 0 Å². The first-order chi connectivity index (χ1) is 7.08. The molecule has 1 nitrogen and oxygen atoms in total. The number of benzene rings is 1. The lowest BCUT2D eigenvalue weighted by Gasteiger charge is -2.11. The van der Waals surface area contributed by atoms with Gasteiger partial charge in [-0.15, -0.1) is 0 Å². The summed E-state index contributed by atoms with van der Waals surface area (Å²) in [5.41, 5.74) is -0.810. The van der Waals surface area contributed by atoms with E-state index in [1.807, 2.05) is 6.92 Å². The Morgan fingerprint density at radius 2 is 2.20 bits per heavy atom. The molecule has 0 radical (unpaired) electrons. The van der Waals surface area contributed by atoms with E-state index in [0.29, 0.717) is 6.42 Å². The summed E-state index contributed by atoms with van der Waals surface area (Å²) in [5.74, 6) is -1.12. The molecule has 0 amide bonds. The van der Waals surface area contributed by atoms with Crippen molar-refractivity contribution < 1.29 is 13.9 Å². The van der Waals surface area contributed by atoms with E-state index in [4.69, 9.17) is 0 Å². The molecule has 1 saturated carbocycles. The summed E-state index contributed by atoms with van der Waals surface area (Å²) < 4.78 is 26.1. The van der Waals surface area contributed by atoms with Crippen LogP contribution in [0, 0.1) is 17.6 Å². The fraction of sp³-hybridized carbons (Fsp3) is 0.500. The van der Waals surface area contributed by atoms with Crippen molar-refractivity contribution in [2.24, 2.45) is 5.92 Å². The van der Waals surface area contributed by atoms with Gasteiger partial charge in [0.25, 0.3) is 0 Å². The molecular formula is C12H14F2O. The van der Waals surface area contributed by atoms with E-state index in [0.717, 1.165) is 18.9 Å². The lowest BCUT2D eigenvalue weighted by molar-refractivity contribution is 0.124. The fourth-order valence-electron chi connectivity index (χ4n) is 2.18. The zero-order valence-corrected chi connectivity index (χ0v) is 8.63. The molecule has 1 aliphatic carbocycles. The summed E-state index contributed by atoms with van der Waals surface area (Å²) in [5, 5.41) is 10.1. The quantitative estimate of drug-likeness (QED) is 0.816. The third-order valence-electron chi connectivity index (χ3n) is 3.11. The maximum Gasteiger partial charge on any atom is 0.132 e. The minimum atomic E-state index is -1.05. The molecule has 0 spiro atoms. The Labute approximate surface area is 87.7 Å². The highest BCUT2D eigenvalue weighted by atomic mass is 19.1. The van der Waals surface area contributed by atoms with Crippen LogP contribution in [0.1, 0.15) is 31.7 Å². The maximum absolute atomic E-state index is 13.4. The molecule has 2 atom stereocenters. The average Bonchev–Trinajstić information content (AvgIpc) is 2.78. The van der Waals surface area contributed by atoms with E-state index in [2.05, 4.69) is 0 Å². The van der Waals surface area contributed by atoms with Crippen molar-refractivity contribution in [3.63, 3.8) is 0 Å². The molecule has 0 saturated heterocycles. The zero-order valence-electron chi connectivity index (χ0n) is 8.63. The summed E-state index contributed by atoms with van der Waals surface area (Å²) in [6, 6.07) is 3.37. The monoisotopic (exact) mass is 212 g/mol. The first-order valence-corrected chi connectivity index (χ1v) is 5.26. The molecule has 0 aliphatic heterocycles. The number of hydrogen-bond acceptors (Lipinski definition) is 1. The Morgan fingerprint density at radius 3 is 2.80 bits per heavy atom. The topological polar surface area (TPSA) is 20.2 Å². The number of aliphatic hydroxyl groups is 1. The number of rotatable bonds is 3. The van der Waals surface area contributed by atoms with Gasteiger partial charge in [0.1, 0.15) is 11.6 Å². The highest BCUT2D eigenvalue weighted by Gasteiger charge is 2.54. The lowest BCUT2D eigenvalue weighted by atomic mass is 10.0. The minimum absolute atomic E-state index is 0.127. The molecule has 82 valence electrons. The second-order valence-electron chi connectivity index (χ2n) is 4.24. The van der Waals surface area contributed by atoms with E-state index < -0.39 is 17.2 Å². The van der Waals surface area contributed by atoms with Crippen LogP contribution in [-0.4, -0.2) is 5.11 Å². The predicted octanol–water partition coefficient (Wildman–Crippen LogP) is 2.97. The summed E-state index contributed by atoms with van der Waals surface area (Å²) in [4.78, 5) is 0. The van der Waals surface area contributed by atoms with Gasteiger partial charge in [0.15, 0.2) is 0 Å². The zero-order chi connectivity index (χ0) is 11.1. The summed E-state index contributed by atoms with van der Waals surface area (Å²) >= 11 is 0. The van der Waals surface area contributed by atoms with Gasteiger partial charge in [0, 0.05) is 11.6 Å². The molecule has 3 heteroatoms. The van der Waals surface area contributed by atoms with Crippen molar-refractivity contribution in [1.29, 1.82) is 0 Å². The van der Waals surface area contributed by atoms with Crippen LogP contribution in [0.2, 0.25) is 0 Å². The highest BCUT2D eigenvalue weighted by Crippen LogP contribution is 2.54. The Hall–Kier alpha value is -0.960. The molecule has 2 rings (SSSR count). The largest absolute Gasteiger partial charge is 0.385 e. The standard InChI is InChI=1S/C12H14F2O/c1-2-3-8-7-12(8,15)10-5-4-9(13)6-11(10)14/h4-6,8,15H,2-3,7H2,1H3. The Morgan fingerprint density at radius 1 is 1.47 bits per heavy atom. The first kappa shape index (κ1) is 10.6. The molecule has 2 unspecified atom stereocenters. The molecule has 1 aromatic rings. The molecule has 1 N–H and O–H groups in total. The molecule has 1 aromatic carbocycles. The highest BCUT2D eigenvalue weighted by molar-refractivity contribution is 5.31. The van der Waals surface area contributed by atoms with E-state index in [1.54, 1.807) is 0 Å². The van der Waals surface area contributed by atoms with Gasteiger partial charge in [0.2, 0.25) is 0 Å². The van der Waals surface area contributed by atoms with Gasteiger partial charge in [-0.1, -0.05) is 19.4 Å². The van der Waals surface area contributed by atoms with Crippen molar-refractivity contribution in [3.8, 4) is 0 Å². The van der Waals surface area contributed by atoms with Gasteiger partial charge < -0.3 is 5.11 Å². The third-order valence-corrected chi connectivity index (χ3v) is 3.11. The molecule has 1 aliphatic rings. The Kier molecular flexibility index (Phi) is 2.51. The van der Waals surface area contributed by atoms with Gasteiger partial charge in [-0.05, 0) is 24.8 Å². The molecule has 1 fully saturated rings. The van der Waals surface area contributed by atoms with Gasteiger partial charge in [-0.25, -0.2) is 8.78 Å². The van der Waals surface area contributed by atoms with Crippen LogP contribution in [-0.2, 0) is 5.60 Å². The smallest absolute Gasteiger partial charge is 0.132 e. The van der Waals surface area contributed by atoms with Crippen molar-refractivity contribution in [2.45, 2.75) is 31.8 Å². The summed E-state index contributed by atoms with van der Waals surface area (Å²) in [6.45, 7) is 2.03. The Bertz CT molecular complexity index is 378. The van der Waals surface area contributed by atoms with Gasteiger partial charge in [0.05, 0.1) is 5.60 Å². The fourth-order valence-corrected chi connectivity index (χ4v) is 2.18. The normalized spacial score (nSPS) is 29.2.